The Morgan fingerprint density at radius 2 is 1.55 bits per heavy atom. The Hall–Kier alpha value is -4.34. The molecule has 8 nitrogen and oxygen atoms in total. The molecule has 49 heavy (non-hydrogen) atoms. The number of nitrogens with zero attached hydrogens (tertiary/aromatic N) is 2. The van der Waals surface area contributed by atoms with Crippen molar-refractivity contribution < 1.29 is 22.7 Å². The molecule has 4 aromatic carbocycles. The van der Waals surface area contributed by atoms with Gasteiger partial charge in [0, 0.05) is 24.0 Å². The van der Waals surface area contributed by atoms with Crippen LogP contribution in [0.15, 0.2) is 102 Å². The van der Waals surface area contributed by atoms with Gasteiger partial charge in [0.05, 0.1) is 17.7 Å². The summed E-state index contributed by atoms with van der Waals surface area (Å²) in [6.07, 6.45) is 5.20. The van der Waals surface area contributed by atoms with Crippen molar-refractivity contribution >= 4 is 39.1 Å². The Morgan fingerprint density at radius 1 is 0.878 bits per heavy atom. The number of rotatable bonds is 13. The molecule has 1 fully saturated rings. The van der Waals surface area contributed by atoms with Crippen molar-refractivity contribution in [2.75, 3.05) is 18.0 Å². The molecule has 0 saturated heterocycles. The summed E-state index contributed by atoms with van der Waals surface area (Å²) < 4.78 is 35.3. The van der Waals surface area contributed by atoms with Gasteiger partial charge in [-0.1, -0.05) is 97.1 Å². The number of amides is 2. The van der Waals surface area contributed by atoms with E-state index in [9.17, 15) is 18.0 Å². The fourth-order valence-corrected chi connectivity index (χ4v) is 7.92. The van der Waals surface area contributed by atoms with Gasteiger partial charge in [-0.25, -0.2) is 8.42 Å². The summed E-state index contributed by atoms with van der Waals surface area (Å²) in [7, 11) is -2.67. The predicted octanol–water partition coefficient (Wildman–Crippen LogP) is 7.25. The van der Waals surface area contributed by atoms with E-state index >= 15 is 0 Å². The smallest absolute Gasteiger partial charge is 0.264 e. The lowest BCUT2D eigenvalue weighted by atomic mass is 9.94. The number of methoxy groups -OCH3 is 1. The summed E-state index contributed by atoms with van der Waals surface area (Å²) in [4.78, 5) is 30.7. The first-order chi connectivity index (χ1) is 23.6. The lowest BCUT2D eigenvalue weighted by molar-refractivity contribution is -0.140. The fourth-order valence-electron chi connectivity index (χ4n) is 6.28. The van der Waals surface area contributed by atoms with E-state index in [0.29, 0.717) is 16.3 Å². The van der Waals surface area contributed by atoms with Gasteiger partial charge in [0.15, 0.2) is 0 Å². The van der Waals surface area contributed by atoms with Crippen LogP contribution < -0.4 is 14.4 Å². The molecule has 1 aliphatic carbocycles. The fraction of sp³-hybridized carbons (Fsp3) is 0.333. The minimum atomic E-state index is -4.24. The maximum atomic E-state index is 14.8. The van der Waals surface area contributed by atoms with Gasteiger partial charge in [-0.15, -0.1) is 0 Å². The van der Waals surface area contributed by atoms with E-state index in [-0.39, 0.29) is 35.5 Å². The number of nitrogens with one attached hydrogen (secondary N) is 1. The number of carbonyl (C=O) groups excluding carboxylic acids is 2. The predicted molar refractivity (Wildman–Crippen MR) is 194 cm³/mol. The van der Waals surface area contributed by atoms with Gasteiger partial charge in [0.25, 0.3) is 10.0 Å². The zero-order valence-electron chi connectivity index (χ0n) is 28.3. The van der Waals surface area contributed by atoms with Gasteiger partial charge in [-0.2, -0.15) is 0 Å². The highest BCUT2D eigenvalue weighted by atomic mass is 35.5. The minimum Gasteiger partial charge on any atom is -0.497 e. The summed E-state index contributed by atoms with van der Waals surface area (Å²) in [5.41, 5.74) is 3.32. The second-order valence-electron chi connectivity index (χ2n) is 12.6. The molecule has 5 rings (SSSR count). The van der Waals surface area contributed by atoms with Crippen LogP contribution in [0.1, 0.15) is 54.4 Å². The molecule has 2 amide bonds. The second-order valence-corrected chi connectivity index (χ2v) is 14.9. The molecule has 0 radical (unpaired) electrons. The van der Waals surface area contributed by atoms with Crippen LogP contribution in [0.5, 0.6) is 5.75 Å². The van der Waals surface area contributed by atoms with E-state index in [1.165, 1.54) is 17.0 Å². The van der Waals surface area contributed by atoms with Crippen LogP contribution in [0.3, 0.4) is 0 Å². The lowest BCUT2D eigenvalue weighted by Gasteiger charge is -2.35. The molecule has 0 aromatic heterocycles. The summed E-state index contributed by atoms with van der Waals surface area (Å²) in [5.74, 6) is -0.189. The highest BCUT2D eigenvalue weighted by Crippen LogP contribution is 2.32. The molecule has 0 heterocycles. The Bertz CT molecular complexity index is 1840. The maximum Gasteiger partial charge on any atom is 0.264 e. The Labute approximate surface area is 295 Å². The third-order valence-electron chi connectivity index (χ3n) is 9.11. The average molecular weight is 702 g/mol. The first-order valence-electron chi connectivity index (χ1n) is 16.7. The van der Waals surface area contributed by atoms with Crippen molar-refractivity contribution in [2.24, 2.45) is 0 Å². The molecule has 1 N–H and O–H groups in total. The van der Waals surface area contributed by atoms with Gasteiger partial charge in [-0.05, 0) is 79.8 Å². The van der Waals surface area contributed by atoms with Crippen molar-refractivity contribution in [1.29, 1.82) is 0 Å². The highest BCUT2D eigenvalue weighted by Gasteiger charge is 2.36. The number of hydrogen-bond donors (Lipinski definition) is 1. The summed E-state index contributed by atoms with van der Waals surface area (Å²) in [6.45, 7) is 3.10. The number of carbonyl (C=O) groups is 2. The van der Waals surface area contributed by atoms with Crippen molar-refractivity contribution in [3.63, 3.8) is 0 Å². The first-order valence-corrected chi connectivity index (χ1v) is 18.5. The molecule has 0 unspecified atom stereocenters. The number of anilines is 1. The average Bonchev–Trinajstić information content (AvgIpc) is 3.11. The van der Waals surface area contributed by atoms with Gasteiger partial charge in [-0.3, -0.25) is 13.9 Å². The number of benzene rings is 4. The number of hydrogen-bond acceptors (Lipinski definition) is 5. The largest absolute Gasteiger partial charge is 0.497 e. The molecule has 10 heteroatoms. The number of ether oxygens (including phenoxy) is 1. The molecule has 1 atom stereocenters. The van der Waals surface area contributed by atoms with E-state index in [1.54, 1.807) is 44.4 Å². The van der Waals surface area contributed by atoms with Crippen LogP contribution in [-0.4, -0.2) is 50.9 Å². The van der Waals surface area contributed by atoms with Crippen LogP contribution in [0.2, 0.25) is 5.02 Å². The van der Waals surface area contributed by atoms with E-state index in [2.05, 4.69) is 5.32 Å². The molecule has 1 aliphatic rings. The molecule has 0 aliphatic heterocycles. The van der Waals surface area contributed by atoms with Crippen LogP contribution in [0.4, 0.5) is 5.69 Å². The van der Waals surface area contributed by atoms with Crippen LogP contribution in [-0.2, 0) is 32.6 Å². The van der Waals surface area contributed by atoms with Crippen LogP contribution >= 0.6 is 11.6 Å². The SMILES string of the molecule is COc1cccc(CN(C(=O)CN(c2cccc(Cl)c2C)S(=O)(=O)c2ccc(C)cc2)[C@H](Cc2ccccc2)C(=O)NC2CCCCC2)c1. The zero-order valence-corrected chi connectivity index (χ0v) is 29.8. The molecule has 0 spiro atoms. The molecule has 4 aromatic rings. The normalized spacial score (nSPS) is 14.1. The van der Waals surface area contributed by atoms with Crippen molar-refractivity contribution in [1.82, 2.24) is 10.2 Å². The van der Waals surface area contributed by atoms with Gasteiger partial charge < -0.3 is 15.0 Å². The highest BCUT2D eigenvalue weighted by molar-refractivity contribution is 7.92. The third-order valence-corrected chi connectivity index (χ3v) is 11.3. The number of sulfonamides is 1. The first kappa shape index (κ1) is 36.0. The topological polar surface area (TPSA) is 96.0 Å². The minimum absolute atomic E-state index is 0.0146. The summed E-state index contributed by atoms with van der Waals surface area (Å²) in [6, 6.07) is 27.5. The maximum absolute atomic E-state index is 14.8. The second kappa shape index (κ2) is 16.4. The Morgan fingerprint density at radius 3 is 2.24 bits per heavy atom. The van der Waals surface area contributed by atoms with E-state index in [0.717, 1.165) is 53.1 Å². The Kier molecular flexibility index (Phi) is 12.0. The van der Waals surface area contributed by atoms with E-state index in [1.807, 2.05) is 61.5 Å². The third kappa shape index (κ3) is 9.02. The molecular weight excluding hydrogens is 658 g/mol. The lowest BCUT2D eigenvalue weighted by Crippen LogP contribution is -2.55. The van der Waals surface area contributed by atoms with Crippen molar-refractivity contribution in [3.8, 4) is 5.75 Å². The van der Waals surface area contributed by atoms with Crippen LogP contribution in [0, 0.1) is 13.8 Å². The molecule has 0 bridgehead atoms. The standard InChI is InChI=1S/C39H44ClN3O5S/c1-28-20-22-34(23-21-28)49(46,47)43(36-19-11-18-35(40)29(36)2)27-38(44)42(26-31-14-10-17-33(24-31)48-3)37(25-30-12-6-4-7-13-30)39(45)41-32-15-8-5-9-16-32/h4,6-7,10-14,17-24,32,37H,5,8-9,15-16,25-27H2,1-3H3,(H,41,45)/t37-/m1/s1. The number of aryl methyl sites for hydroxylation is 1. The van der Waals surface area contributed by atoms with E-state index in [4.69, 9.17) is 16.3 Å². The zero-order chi connectivity index (χ0) is 35.0. The Balaban J connectivity index is 1.59. The van der Waals surface area contributed by atoms with Crippen molar-refractivity contribution in [3.05, 3.63) is 124 Å². The summed E-state index contributed by atoms with van der Waals surface area (Å²) in [5, 5.41) is 3.61. The quantitative estimate of drug-likeness (QED) is 0.159. The van der Waals surface area contributed by atoms with Crippen molar-refractivity contribution in [2.45, 2.75) is 75.9 Å². The molecular formula is C39H44ClN3O5S. The van der Waals surface area contributed by atoms with Gasteiger partial charge >= 0.3 is 0 Å². The molecule has 1 saturated carbocycles. The van der Waals surface area contributed by atoms with E-state index < -0.39 is 28.5 Å². The molecule has 258 valence electrons. The van der Waals surface area contributed by atoms with Crippen LogP contribution in [0.25, 0.3) is 0 Å². The summed E-state index contributed by atoms with van der Waals surface area (Å²) >= 11 is 6.50. The monoisotopic (exact) mass is 701 g/mol. The van der Waals surface area contributed by atoms with Gasteiger partial charge in [0.2, 0.25) is 11.8 Å². The van der Waals surface area contributed by atoms with Gasteiger partial charge in [0.1, 0.15) is 18.3 Å². The number of halogens is 1.